The summed E-state index contributed by atoms with van der Waals surface area (Å²) in [6.45, 7) is 5.68. The Bertz CT molecular complexity index is 1460. The van der Waals surface area contributed by atoms with E-state index in [9.17, 15) is 13.9 Å². The number of aromatic nitrogens is 4. The number of rotatable bonds is 4. The second-order valence-electron chi connectivity index (χ2n) is 10.2. The fourth-order valence-corrected chi connectivity index (χ4v) is 6.24. The van der Waals surface area contributed by atoms with E-state index in [2.05, 4.69) is 30.4 Å². The second-order valence-corrected chi connectivity index (χ2v) is 10.2. The van der Waals surface area contributed by atoms with Crippen molar-refractivity contribution in [1.82, 2.24) is 20.2 Å². The summed E-state index contributed by atoms with van der Waals surface area (Å²) in [4.78, 5) is 8.79. The van der Waals surface area contributed by atoms with E-state index in [4.69, 9.17) is 0 Å². The first-order valence-corrected chi connectivity index (χ1v) is 11.8. The molecule has 0 spiro atoms. The maximum Gasteiger partial charge on any atom is 0.176 e. The van der Waals surface area contributed by atoms with Gasteiger partial charge < -0.3 is 5.11 Å². The summed E-state index contributed by atoms with van der Waals surface area (Å²) in [5.74, 6) is -1.79. The molecule has 1 saturated carbocycles. The molecule has 2 aliphatic carbocycles. The van der Waals surface area contributed by atoms with Crippen LogP contribution in [-0.4, -0.2) is 42.8 Å². The van der Waals surface area contributed by atoms with E-state index in [1.54, 1.807) is 13.0 Å². The molecule has 2 aromatic heterocycles. The summed E-state index contributed by atoms with van der Waals surface area (Å²) in [6, 6.07) is 5.34. The molecule has 184 valence electrons. The van der Waals surface area contributed by atoms with Crippen LogP contribution in [0.2, 0.25) is 0 Å². The molecule has 1 fully saturated rings. The molecule has 1 aliphatic heterocycles. The number of nitrogens with zero attached hydrogens (tertiary/aromatic N) is 6. The topological polar surface area (TPSA) is 96.5 Å². The highest BCUT2D eigenvalue weighted by Gasteiger charge is 2.66. The number of aliphatic hydroxyl groups is 1. The summed E-state index contributed by atoms with van der Waals surface area (Å²) in [7, 11) is 0. The van der Waals surface area contributed by atoms with Gasteiger partial charge >= 0.3 is 0 Å². The van der Waals surface area contributed by atoms with Crippen molar-refractivity contribution in [3.05, 3.63) is 70.7 Å². The van der Waals surface area contributed by atoms with Gasteiger partial charge in [0.1, 0.15) is 17.3 Å². The minimum absolute atomic E-state index is 0.0246. The molecule has 0 saturated heterocycles. The summed E-state index contributed by atoms with van der Waals surface area (Å²) < 4.78 is 44.4. The number of hydrogen-bond acceptors (Lipinski definition) is 7. The second kappa shape index (κ2) is 7.73. The number of halogens is 3. The maximum absolute atomic E-state index is 15.5. The summed E-state index contributed by atoms with van der Waals surface area (Å²) in [5, 5.41) is 26.6. The van der Waals surface area contributed by atoms with Gasteiger partial charge in [-0.3, -0.25) is 0 Å². The first kappa shape index (κ1) is 22.9. The highest BCUT2D eigenvalue weighted by Crippen LogP contribution is 2.69. The molecule has 3 aromatic rings. The summed E-state index contributed by atoms with van der Waals surface area (Å²) in [5.41, 5.74) is 0.989. The van der Waals surface area contributed by atoms with Crippen molar-refractivity contribution in [2.75, 3.05) is 0 Å². The van der Waals surface area contributed by atoms with Gasteiger partial charge in [0.15, 0.2) is 11.6 Å². The molecule has 0 radical (unpaired) electrons. The molecule has 36 heavy (non-hydrogen) atoms. The molecule has 1 aromatic carbocycles. The van der Waals surface area contributed by atoms with Crippen molar-refractivity contribution < 1.29 is 18.3 Å². The monoisotopic (exact) mass is 492 g/mol. The fourth-order valence-electron chi connectivity index (χ4n) is 6.24. The highest BCUT2D eigenvalue weighted by atomic mass is 19.1. The Balaban J connectivity index is 1.49. The smallest absolute Gasteiger partial charge is 0.176 e. The minimum atomic E-state index is -0.902. The third-order valence-electron chi connectivity index (χ3n) is 8.14. The zero-order valence-electron chi connectivity index (χ0n) is 19.9. The molecule has 3 heterocycles. The van der Waals surface area contributed by atoms with E-state index in [0.29, 0.717) is 23.5 Å². The lowest BCUT2D eigenvalue weighted by Gasteiger charge is -2.37. The molecule has 6 rings (SSSR count). The van der Waals surface area contributed by atoms with E-state index >= 15 is 4.39 Å². The van der Waals surface area contributed by atoms with Gasteiger partial charge in [-0.25, -0.2) is 23.1 Å². The van der Waals surface area contributed by atoms with E-state index in [0.717, 1.165) is 18.2 Å². The first-order valence-electron chi connectivity index (χ1n) is 11.8. The van der Waals surface area contributed by atoms with Crippen LogP contribution in [0.4, 0.5) is 13.2 Å². The molecule has 0 amide bonds. The van der Waals surface area contributed by atoms with Gasteiger partial charge in [-0.15, -0.1) is 5.10 Å². The summed E-state index contributed by atoms with van der Waals surface area (Å²) in [6.07, 6.45) is 1.97. The van der Waals surface area contributed by atoms with Crippen molar-refractivity contribution in [1.29, 1.82) is 0 Å². The van der Waals surface area contributed by atoms with E-state index in [1.165, 1.54) is 18.2 Å². The van der Waals surface area contributed by atoms with Crippen LogP contribution in [0.3, 0.4) is 0 Å². The van der Waals surface area contributed by atoms with Crippen LogP contribution in [0, 0.1) is 22.9 Å². The maximum atomic E-state index is 15.5. The fraction of sp³-hybridized carbons (Fsp3) is 0.385. The average molecular weight is 493 g/mol. The van der Waals surface area contributed by atoms with Gasteiger partial charge in [-0.05, 0) is 54.9 Å². The standard InChI is InChI=1S/C26H23F3N6O/c1-12(36)18-10-20(34-32-18)24-30-11-17(29)23(31-24)26-8-7-14(25(26,2)3)13-9-19(33-35-22(13)26)21-15(27)5-4-6-16(21)28/h4-6,9,11-12,14,36H,7-8,10H2,1-3H3/t12-,14+,26-/m1/s1. The molecule has 10 heteroatoms. The third-order valence-corrected chi connectivity index (χ3v) is 8.14. The zero-order chi connectivity index (χ0) is 25.4. The lowest BCUT2D eigenvalue weighted by Crippen LogP contribution is -2.39. The average Bonchev–Trinajstić information content (AvgIpc) is 3.48. The number of aliphatic hydroxyl groups excluding tert-OH is 1. The lowest BCUT2D eigenvalue weighted by molar-refractivity contribution is 0.235. The normalized spacial score (nSPS) is 24.5. The molecule has 3 aliphatic rings. The van der Waals surface area contributed by atoms with E-state index in [-0.39, 0.29) is 35.1 Å². The van der Waals surface area contributed by atoms with Crippen molar-refractivity contribution in [3.8, 4) is 11.3 Å². The van der Waals surface area contributed by atoms with E-state index in [1.807, 2.05) is 13.8 Å². The number of fused-ring (bicyclic) bond motifs is 5. The van der Waals surface area contributed by atoms with Crippen molar-refractivity contribution >= 4 is 11.4 Å². The molecular formula is C26H23F3N6O. The quantitative estimate of drug-likeness (QED) is 0.579. The molecule has 2 bridgehead atoms. The predicted molar refractivity (Wildman–Crippen MR) is 126 cm³/mol. The molecule has 1 N–H and O–H groups in total. The van der Waals surface area contributed by atoms with Gasteiger partial charge in [0.2, 0.25) is 0 Å². The van der Waals surface area contributed by atoms with Crippen molar-refractivity contribution in [3.63, 3.8) is 0 Å². The van der Waals surface area contributed by atoms with Crippen LogP contribution in [0.5, 0.6) is 0 Å². The molecular weight excluding hydrogens is 469 g/mol. The Kier molecular flexibility index (Phi) is 4.92. The van der Waals surface area contributed by atoms with Gasteiger partial charge in [0, 0.05) is 6.42 Å². The lowest BCUT2D eigenvalue weighted by atomic mass is 9.66. The zero-order valence-corrected chi connectivity index (χ0v) is 19.9. The summed E-state index contributed by atoms with van der Waals surface area (Å²) >= 11 is 0. The van der Waals surface area contributed by atoms with Crippen LogP contribution in [-0.2, 0) is 5.41 Å². The van der Waals surface area contributed by atoms with Gasteiger partial charge in [0.05, 0.1) is 46.1 Å². The van der Waals surface area contributed by atoms with Gasteiger partial charge in [-0.1, -0.05) is 19.9 Å². The van der Waals surface area contributed by atoms with Crippen LogP contribution in [0.1, 0.15) is 68.7 Å². The van der Waals surface area contributed by atoms with Crippen molar-refractivity contribution in [2.45, 2.75) is 57.5 Å². The highest BCUT2D eigenvalue weighted by molar-refractivity contribution is 6.14. The SMILES string of the molecule is C[C@@H](O)C1=NN=C(c2ncc(F)c([C@@]34CC[C@@H](c5cc(-c6c(F)cccc6F)nnc53)C4(C)C)n2)C1. The van der Waals surface area contributed by atoms with Gasteiger partial charge in [-0.2, -0.15) is 15.3 Å². The Morgan fingerprint density at radius 3 is 2.47 bits per heavy atom. The first-order chi connectivity index (χ1) is 17.1. The van der Waals surface area contributed by atoms with E-state index < -0.39 is 34.4 Å². The number of hydrogen-bond donors (Lipinski definition) is 1. The Morgan fingerprint density at radius 2 is 1.78 bits per heavy atom. The molecule has 0 unspecified atom stereocenters. The van der Waals surface area contributed by atoms with Crippen LogP contribution in [0.15, 0.2) is 40.7 Å². The largest absolute Gasteiger partial charge is 0.387 e. The molecule has 3 atom stereocenters. The molecule has 7 nitrogen and oxygen atoms in total. The number of benzene rings is 1. The Labute approximate surface area is 205 Å². The predicted octanol–water partition coefficient (Wildman–Crippen LogP) is 4.48. The Morgan fingerprint density at radius 1 is 1.03 bits per heavy atom. The van der Waals surface area contributed by atoms with Gasteiger partial charge in [0.25, 0.3) is 0 Å². The van der Waals surface area contributed by atoms with Crippen LogP contribution in [0.25, 0.3) is 11.3 Å². The van der Waals surface area contributed by atoms with Crippen molar-refractivity contribution in [2.24, 2.45) is 15.6 Å². The minimum Gasteiger partial charge on any atom is -0.387 e. The van der Waals surface area contributed by atoms with Crippen LogP contribution < -0.4 is 0 Å². The third kappa shape index (κ3) is 2.97. The van der Waals surface area contributed by atoms with Crippen LogP contribution >= 0.6 is 0 Å². The Hall–Kier alpha value is -3.53.